The normalized spacial score (nSPS) is 24.0. The van der Waals surface area contributed by atoms with E-state index < -0.39 is 50.5 Å². The summed E-state index contributed by atoms with van der Waals surface area (Å²) in [6, 6.07) is 3.43. The van der Waals surface area contributed by atoms with Crippen LogP contribution in [-0.2, 0) is 39.7 Å². The van der Waals surface area contributed by atoms with Crippen LogP contribution in [0, 0.1) is 17.7 Å². The Morgan fingerprint density at radius 1 is 1.06 bits per heavy atom. The first kappa shape index (κ1) is 31.8. The maximum absolute atomic E-state index is 15.1. The summed E-state index contributed by atoms with van der Waals surface area (Å²) in [5.41, 5.74) is 0.375. The summed E-state index contributed by atoms with van der Waals surface area (Å²) in [7, 11) is -2.23. The number of aryl methyl sites for hydroxylation is 1. The summed E-state index contributed by atoms with van der Waals surface area (Å²) >= 11 is 0.933. The number of carbonyl (C=O) groups excluding carboxylic acids is 4. The third-order valence-corrected chi connectivity index (χ3v) is 12.9. The van der Waals surface area contributed by atoms with Crippen molar-refractivity contribution in [2.24, 2.45) is 18.9 Å². The van der Waals surface area contributed by atoms with Crippen LogP contribution in [0.4, 0.5) is 9.18 Å². The van der Waals surface area contributed by atoms with Gasteiger partial charge in [0.1, 0.15) is 15.4 Å². The van der Waals surface area contributed by atoms with Crippen LogP contribution in [0.2, 0.25) is 0 Å². The number of sulfonamides is 1. The van der Waals surface area contributed by atoms with E-state index >= 15 is 4.39 Å². The van der Waals surface area contributed by atoms with Gasteiger partial charge in [-0.2, -0.15) is 5.10 Å². The molecule has 3 aliphatic heterocycles. The number of piperazine rings is 1. The molecule has 2 saturated carbocycles. The second kappa shape index (κ2) is 11.7. The molecule has 0 bridgehead atoms. The zero-order valence-corrected chi connectivity index (χ0v) is 27.7. The van der Waals surface area contributed by atoms with Gasteiger partial charge in [-0.1, -0.05) is 17.8 Å². The van der Waals surface area contributed by atoms with Gasteiger partial charge in [0.05, 0.1) is 24.2 Å². The Bertz CT molecular complexity index is 1800. The molecule has 1 N–H and O–H groups in total. The van der Waals surface area contributed by atoms with Gasteiger partial charge >= 0.3 is 6.03 Å². The number of hydrogen-bond acceptors (Lipinski definition) is 8. The first-order valence-corrected chi connectivity index (χ1v) is 18.1. The average Bonchev–Trinajstić information content (AvgIpc) is 3.93. The molecule has 0 radical (unpaired) electrons. The molecule has 2 aliphatic carbocycles. The zero-order chi connectivity index (χ0) is 33.2. The fourth-order valence-corrected chi connectivity index (χ4v) is 9.53. The van der Waals surface area contributed by atoms with Crippen LogP contribution in [0.1, 0.15) is 54.1 Å². The molecule has 1 aromatic heterocycles. The predicted octanol–water partition coefficient (Wildman–Crippen LogP) is 2.22. The number of benzene rings is 1. The fraction of sp³-hybridized carbons (Fsp3) is 0.516. The second-order valence-electron chi connectivity index (χ2n) is 13.2. The first-order chi connectivity index (χ1) is 22.3. The SMILES string of the molecule is Cn1cc(CN2C(=O)C3C=C(S(=O)(=O)NC4(C)CC4)SC3N(Cc3ccc(F)c(C(=O)N4CCN(C(=O)C5CC5)CC4)c3)C2=O)cn1. The van der Waals surface area contributed by atoms with Gasteiger partial charge in [0.25, 0.3) is 5.91 Å². The van der Waals surface area contributed by atoms with E-state index in [1.165, 1.54) is 34.1 Å². The van der Waals surface area contributed by atoms with Crippen molar-refractivity contribution in [2.75, 3.05) is 26.2 Å². The minimum Gasteiger partial charge on any atom is -0.339 e. The number of halogens is 1. The van der Waals surface area contributed by atoms with Crippen LogP contribution in [0.25, 0.3) is 0 Å². The summed E-state index contributed by atoms with van der Waals surface area (Å²) in [6.45, 7) is 3.00. The monoisotopic (exact) mass is 685 g/mol. The number of imide groups is 1. The maximum Gasteiger partial charge on any atom is 0.328 e. The Hall–Kier alpha value is -3.76. The molecule has 1 aromatic carbocycles. The first-order valence-electron chi connectivity index (χ1n) is 15.7. The van der Waals surface area contributed by atoms with Crippen LogP contribution in [0.5, 0.6) is 0 Å². The van der Waals surface area contributed by atoms with Crippen LogP contribution in [0.3, 0.4) is 0 Å². The highest BCUT2D eigenvalue weighted by Crippen LogP contribution is 2.47. The third kappa shape index (κ3) is 6.29. The number of fused-ring (bicyclic) bond motifs is 1. The summed E-state index contributed by atoms with van der Waals surface area (Å²) in [4.78, 5) is 59.4. The van der Waals surface area contributed by atoms with E-state index in [1.807, 2.05) is 6.92 Å². The Balaban J connectivity index is 1.13. The van der Waals surface area contributed by atoms with Crippen molar-refractivity contribution >= 4 is 45.5 Å². The molecule has 2 unspecified atom stereocenters. The molecule has 47 heavy (non-hydrogen) atoms. The molecule has 5 amide bonds. The van der Waals surface area contributed by atoms with E-state index in [-0.39, 0.29) is 47.8 Å². The largest absolute Gasteiger partial charge is 0.339 e. The quantitative estimate of drug-likeness (QED) is 0.423. The standard InChI is InChI=1S/C31H36FN7O6S2/c1-31(7-8-31)34-47(44,45)25-14-23-28(42)38(18-20-15-33-35(2)16-20)30(43)39(29(23)46-25)17-19-3-6-24(32)22(13-19)27(41)37-11-9-36(10-12-37)26(40)21-4-5-21/h3,6,13-16,21,23,29,34H,4-5,7-12,17-18H2,1-2H3. The lowest BCUT2D eigenvalue weighted by atomic mass is 10.0. The van der Waals surface area contributed by atoms with E-state index in [0.29, 0.717) is 37.1 Å². The van der Waals surface area contributed by atoms with Gasteiger partial charge in [-0.05, 0) is 56.4 Å². The molecule has 16 heteroatoms. The molecule has 4 heterocycles. The molecule has 4 fully saturated rings. The number of thioether (sulfide) groups is 1. The summed E-state index contributed by atoms with van der Waals surface area (Å²) < 4.78 is 46.0. The van der Waals surface area contributed by atoms with Crippen molar-refractivity contribution in [2.45, 2.75) is 56.6 Å². The molecule has 13 nitrogen and oxygen atoms in total. The molecular weight excluding hydrogens is 650 g/mol. The number of nitrogens with zero attached hydrogens (tertiary/aromatic N) is 6. The van der Waals surface area contributed by atoms with Gasteiger partial charge in [-0.25, -0.2) is 22.3 Å². The lowest BCUT2D eigenvalue weighted by Crippen LogP contribution is -2.58. The van der Waals surface area contributed by atoms with E-state index in [0.717, 1.165) is 29.5 Å². The van der Waals surface area contributed by atoms with Crippen molar-refractivity contribution in [1.82, 2.24) is 34.1 Å². The van der Waals surface area contributed by atoms with Crippen molar-refractivity contribution < 1.29 is 32.0 Å². The van der Waals surface area contributed by atoms with E-state index in [2.05, 4.69) is 9.82 Å². The van der Waals surface area contributed by atoms with E-state index in [1.54, 1.807) is 29.0 Å². The topological polar surface area (TPSA) is 145 Å². The highest BCUT2D eigenvalue weighted by molar-refractivity contribution is 8.18. The van der Waals surface area contributed by atoms with Gasteiger partial charge in [0.2, 0.25) is 21.8 Å². The van der Waals surface area contributed by atoms with Gasteiger partial charge in [-0.15, -0.1) is 0 Å². The fourth-order valence-electron chi connectivity index (χ4n) is 6.23. The van der Waals surface area contributed by atoms with Gasteiger partial charge in [-0.3, -0.25) is 24.0 Å². The van der Waals surface area contributed by atoms with E-state index in [9.17, 15) is 27.6 Å². The molecule has 7 rings (SSSR count). The van der Waals surface area contributed by atoms with Crippen molar-refractivity contribution in [1.29, 1.82) is 0 Å². The maximum atomic E-state index is 15.1. The highest BCUT2D eigenvalue weighted by atomic mass is 32.3. The number of nitrogens with one attached hydrogen (secondary N) is 1. The number of aromatic nitrogens is 2. The van der Waals surface area contributed by atoms with Gasteiger partial charge < -0.3 is 14.7 Å². The third-order valence-electron chi connectivity index (χ3n) is 9.36. The molecule has 5 aliphatic rings. The number of hydrogen-bond donors (Lipinski definition) is 1. The lowest BCUT2D eigenvalue weighted by molar-refractivity contribution is -0.135. The Morgan fingerprint density at radius 2 is 1.77 bits per heavy atom. The van der Waals surface area contributed by atoms with Crippen LogP contribution in [0.15, 0.2) is 40.9 Å². The Morgan fingerprint density at radius 3 is 2.40 bits per heavy atom. The van der Waals surface area contributed by atoms with E-state index in [4.69, 9.17) is 0 Å². The number of rotatable bonds is 9. The molecule has 0 spiro atoms. The molecule has 2 atom stereocenters. The Labute approximate surface area is 276 Å². The smallest absolute Gasteiger partial charge is 0.328 e. The van der Waals surface area contributed by atoms with Crippen LogP contribution in [-0.4, -0.2) is 98.6 Å². The highest BCUT2D eigenvalue weighted by Gasteiger charge is 2.52. The molecule has 250 valence electrons. The number of urea groups is 1. The Kier molecular flexibility index (Phi) is 7.95. The minimum atomic E-state index is -3.94. The van der Waals surface area contributed by atoms with Crippen molar-refractivity contribution in [3.63, 3.8) is 0 Å². The lowest BCUT2D eigenvalue weighted by Gasteiger charge is -2.41. The summed E-state index contributed by atoms with van der Waals surface area (Å²) in [5, 5.41) is 3.26. The zero-order valence-electron chi connectivity index (χ0n) is 26.1. The van der Waals surface area contributed by atoms with Gasteiger partial charge in [0, 0.05) is 63.0 Å². The molecule has 2 saturated heterocycles. The van der Waals surface area contributed by atoms with Crippen LogP contribution < -0.4 is 4.72 Å². The second-order valence-corrected chi connectivity index (χ2v) is 16.3. The van der Waals surface area contributed by atoms with Crippen LogP contribution >= 0.6 is 11.8 Å². The number of amides is 5. The predicted molar refractivity (Wildman–Crippen MR) is 169 cm³/mol. The number of carbonyl (C=O) groups is 4. The molecule has 2 aromatic rings. The van der Waals surface area contributed by atoms with Gasteiger partial charge in [0.15, 0.2) is 0 Å². The summed E-state index contributed by atoms with van der Waals surface area (Å²) in [6.07, 6.45) is 7.86. The van der Waals surface area contributed by atoms with Crippen molar-refractivity contribution in [3.8, 4) is 0 Å². The summed E-state index contributed by atoms with van der Waals surface area (Å²) in [5.74, 6) is -2.49. The minimum absolute atomic E-state index is 0.0238. The molecular formula is C31H36FN7O6S2. The van der Waals surface area contributed by atoms with Crippen molar-refractivity contribution in [3.05, 3.63) is 63.4 Å². The average molecular weight is 686 g/mol.